The lowest BCUT2D eigenvalue weighted by atomic mass is 10.0. The maximum Gasteiger partial charge on any atom is 0.328 e. The number of amides is 4. The number of hydrogen-bond donors (Lipinski definition) is 2. The minimum atomic E-state index is -1.21. The number of imide groups is 1. The van der Waals surface area contributed by atoms with E-state index in [0.717, 1.165) is 4.90 Å². The second-order valence-electron chi connectivity index (χ2n) is 5.96. The Kier molecular flexibility index (Phi) is 4.84. The average Bonchev–Trinajstić information content (AvgIpc) is 2.64. The molecule has 0 bridgehead atoms. The standard InChI is InChI=1S/C18H16N4O5/c1-11-6-5-9-14(22(26)27)15(11)20-16(23)13-10-19-18(25)21(17(13)24)12-7-3-2-4-8-12/h2-9,13H,10H2,1H3,(H,19,25)(H,20,23). The molecule has 3 rings (SSSR count). The van der Waals surface area contributed by atoms with Crippen molar-refractivity contribution in [1.82, 2.24) is 5.32 Å². The van der Waals surface area contributed by atoms with Gasteiger partial charge in [0.2, 0.25) is 11.8 Å². The van der Waals surface area contributed by atoms with Crippen molar-refractivity contribution in [3.8, 4) is 0 Å². The first-order valence-corrected chi connectivity index (χ1v) is 8.12. The number of nitro groups is 1. The molecule has 4 amide bonds. The fraction of sp³-hybridized carbons (Fsp3) is 0.167. The highest BCUT2D eigenvalue weighted by atomic mass is 16.6. The number of carbonyl (C=O) groups excluding carboxylic acids is 3. The molecule has 1 aliphatic heterocycles. The van der Waals surface area contributed by atoms with E-state index in [0.29, 0.717) is 11.3 Å². The van der Waals surface area contributed by atoms with E-state index in [-0.39, 0.29) is 17.9 Å². The van der Waals surface area contributed by atoms with E-state index in [1.165, 1.54) is 12.1 Å². The number of rotatable bonds is 4. The van der Waals surface area contributed by atoms with Crippen LogP contribution in [0.15, 0.2) is 48.5 Å². The van der Waals surface area contributed by atoms with Gasteiger partial charge in [0.05, 0.1) is 10.6 Å². The van der Waals surface area contributed by atoms with Crippen molar-refractivity contribution < 1.29 is 19.3 Å². The maximum absolute atomic E-state index is 12.7. The molecule has 27 heavy (non-hydrogen) atoms. The van der Waals surface area contributed by atoms with E-state index >= 15 is 0 Å². The van der Waals surface area contributed by atoms with Gasteiger partial charge in [0, 0.05) is 12.6 Å². The number of anilines is 2. The van der Waals surface area contributed by atoms with Gasteiger partial charge >= 0.3 is 6.03 Å². The molecule has 1 saturated heterocycles. The van der Waals surface area contributed by atoms with Crippen molar-refractivity contribution in [2.24, 2.45) is 5.92 Å². The highest BCUT2D eigenvalue weighted by Gasteiger charge is 2.40. The summed E-state index contributed by atoms with van der Waals surface area (Å²) in [5, 5.41) is 16.2. The zero-order valence-electron chi connectivity index (χ0n) is 14.3. The number of benzene rings is 2. The Balaban J connectivity index is 1.87. The van der Waals surface area contributed by atoms with E-state index in [4.69, 9.17) is 0 Å². The Morgan fingerprint density at radius 1 is 1.19 bits per heavy atom. The normalized spacial score (nSPS) is 16.6. The summed E-state index contributed by atoms with van der Waals surface area (Å²) in [6, 6.07) is 12.0. The zero-order valence-corrected chi connectivity index (χ0v) is 14.3. The molecular formula is C18H16N4O5. The van der Waals surface area contributed by atoms with Gasteiger partial charge in [-0.25, -0.2) is 9.69 Å². The van der Waals surface area contributed by atoms with Gasteiger partial charge in [0.25, 0.3) is 5.69 Å². The monoisotopic (exact) mass is 368 g/mol. The van der Waals surface area contributed by atoms with E-state index in [2.05, 4.69) is 10.6 Å². The number of urea groups is 1. The molecule has 0 aromatic heterocycles. The predicted octanol–water partition coefficient (Wildman–Crippen LogP) is 2.21. The highest BCUT2D eigenvalue weighted by molar-refractivity contribution is 6.23. The number of carbonyl (C=O) groups is 3. The summed E-state index contributed by atoms with van der Waals surface area (Å²) in [6.07, 6.45) is 0. The molecule has 0 radical (unpaired) electrons. The van der Waals surface area contributed by atoms with Crippen LogP contribution in [0.1, 0.15) is 5.56 Å². The molecule has 1 atom stereocenters. The van der Waals surface area contributed by atoms with Crippen LogP contribution >= 0.6 is 0 Å². The van der Waals surface area contributed by atoms with Crippen molar-refractivity contribution in [3.63, 3.8) is 0 Å². The second-order valence-corrected chi connectivity index (χ2v) is 5.96. The first-order chi connectivity index (χ1) is 12.9. The van der Waals surface area contributed by atoms with E-state index in [1.807, 2.05) is 0 Å². The van der Waals surface area contributed by atoms with Crippen molar-refractivity contribution in [2.45, 2.75) is 6.92 Å². The summed E-state index contributed by atoms with van der Waals surface area (Å²) in [5.41, 5.74) is 0.586. The zero-order chi connectivity index (χ0) is 19.6. The molecule has 1 aliphatic rings. The van der Waals surface area contributed by atoms with Crippen LogP contribution < -0.4 is 15.5 Å². The lowest BCUT2D eigenvalue weighted by Gasteiger charge is -2.30. The van der Waals surface area contributed by atoms with E-state index in [9.17, 15) is 24.5 Å². The van der Waals surface area contributed by atoms with Crippen LogP contribution in [-0.2, 0) is 9.59 Å². The summed E-state index contributed by atoms with van der Waals surface area (Å²) < 4.78 is 0. The van der Waals surface area contributed by atoms with Gasteiger partial charge in [-0.1, -0.05) is 30.3 Å². The van der Waals surface area contributed by atoms with Crippen molar-refractivity contribution >= 4 is 34.9 Å². The number of para-hydroxylation sites is 2. The lowest BCUT2D eigenvalue weighted by Crippen LogP contribution is -2.58. The third-order valence-corrected chi connectivity index (χ3v) is 4.21. The quantitative estimate of drug-likeness (QED) is 0.487. The summed E-state index contributed by atoms with van der Waals surface area (Å²) in [4.78, 5) is 49.0. The number of nitrogens with zero attached hydrogens (tertiary/aromatic N) is 2. The molecule has 0 spiro atoms. The summed E-state index contributed by atoms with van der Waals surface area (Å²) >= 11 is 0. The molecular weight excluding hydrogens is 352 g/mol. The topological polar surface area (TPSA) is 122 Å². The molecule has 0 aliphatic carbocycles. The molecule has 9 nitrogen and oxygen atoms in total. The van der Waals surface area contributed by atoms with Gasteiger partial charge in [-0.3, -0.25) is 19.7 Å². The molecule has 138 valence electrons. The predicted molar refractivity (Wildman–Crippen MR) is 97.3 cm³/mol. The Hall–Kier alpha value is -3.75. The number of aryl methyl sites for hydroxylation is 1. The first kappa shape index (κ1) is 18.1. The Bertz CT molecular complexity index is 929. The fourth-order valence-electron chi connectivity index (χ4n) is 2.82. The summed E-state index contributed by atoms with van der Waals surface area (Å²) in [7, 11) is 0. The van der Waals surface area contributed by atoms with Gasteiger partial charge in [-0.15, -0.1) is 0 Å². The molecule has 2 aromatic rings. The molecule has 2 N–H and O–H groups in total. The second kappa shape index (κ2) is 7.24. The molecule has 9 heteroatoms. The van der Waals surface area contributed by atoms with Gasteiger partial charge < -0.3 is 10.6 Å². The average molecular weight is 368 g/mol. The smallest absolute Gasteiger partial charge is 0.328 e. The van der Waals surface area contributed by atoms with Crippen LogP contribution in [0.2, 0.25) is 0 Å². The summed E-state index contributed by atoms with van der Waals surface area (Å²) in [6.45, 7) is 1.43. The largest absolute Gasteiger partial charge is 0.336 e. The van der Waals surface area contributed by atoms with Gasteiger partial charge in [-0.05, 0) is 24.6 Å². The summed E-state index contributed by atoms with van der Waals surface area (Å²) in [5.74, 6) is -2.63. The van der Waals surface area contributed by atoms with Crippen molar-refractivity contribution in [2.75, 3.05) is 16.8 Å². The number of nitro benzene ring substituents is 1. The molecule has 1 unspecified atom stereocenters. The molecule has 1 heterocycles. The van der Waals surface area contributed by atoms with Crippen LogP contribution in [-0.4, -0.2) is 29.3 Å². The van der Waals surface area contributed by atoms with Crippen LogP contribution in [0.5, 0.6) is 0 Å². The molecule has 1 fully saturated rings. The minimum absolute atomic E-state index is 0.0310. The maximum atomic E-state index is 12.7. The van der Waals surface area contributed by atoms with Crippen LogP contribution in [0.25, 0.3) is 0 Å². The molecule has 0 saturated carbocycles. The lowest BCUT2D eigenvalue weighted by molar-refractivity contribution is -0.384. The van der Waals surface area contributed by atoms with Crippen LogP contribution in [0, 0.1) is 23.0 Å². The third kappa shape index (κ3) is 3.47. The minimum Gasteiger partial charge on any atom is -0.336 e. The van der Waals surface area contributed by atoms with Crippen LogP contribution in [0.3, 0.4) is 0 Å². The number of nitrogens with one attached hydrogen (secondary N) is 2. The Labute approximate surface area is 154 Å². The molecule has 2 aromatic carbocycles. The van der Waals surface area contributed by atoms with E-state index < -0.39 is 28.7 Å². The highest BCUT2D eigenvalue weighted by Crippen LogP contribution is 2.29. The Morgan fingerprint density at radius 3 is 2.56 bits per heavy atom. The van der Waals surface area contributed by atoms with E-state index in [1.54, 1.807) is 43.3 Å². The van der Waals surface area contributed by atoms with Crippen molar-refractivity contribution in [1.29, 1.82) is 0 Å². The number of hydrogen-bond acceptors (Lipinski definition) is 5. The van der Waals surface area contributed by atoms with Gasteiger partial charge in [0.1, 0.15) is 11.6 Å². The van der Waals surface area contributed by atoms with Crippen molar-refractivity contribution in [3.05, 3.63) is 64.2 Å². The van der Waals surface area contributed by atoms with Crippen LogP contribution in [0.4, 0.5) is 21.9 Å². The third-order valence-electron chi connectivity index (χ3n) is 4.21. The SMILES string of the molecule is Cc1cccc([N+](=O)[O-])c1NC(=O)C1CNC(=O)N(c2ccccc2)C1=O. The van der Waals surface area contributed by atoms with Gasteiger partial charge in [0.15, 0.2) is 0 Å². The van der Waals surface area contributed by atoms with Gasteiger partial charge in [-0.2, -0.15) is 0 Å². The Morgan fingerprint density at radius 2 is 1.89 bits per heavy atom. The fourth-order valence-corrected chi connectivity index (χ4v) is 2.82. The first-order valence-electron chi connectivity index (χ1n) is 8.12.